The van der Waals surface area contributed by atoms with Crippen LogP contribution in [0.25, 0.3) is 11.3 Å². The van der Waals surface area contributed by atoms with Crippen molar-refractivity contribution in [3.05, 3.63) is 71.4 Å². The predicted molar refractivity (Wildman–Crippen MR) is 118 cm³/mol. The van der Waals surface area contributed by atoms with E-state index in [2.05, 4.69) is 52.5 Å². The molecule has 30 heavy (non-hydrogen) atoms. The first-order valence-corrected chi connectivity index (χ1v) is 10.8. The molecule has 4 aromatic rings. The Kier molecular flexibility index (Phi) is 5.85. The molecule has 0 aliphatic rings. The van der Waals surface area contributed by atoms with Crippen LogP contribution in [-0.4, -0.2) is 42.4 Å². The van der Waals surface area contributed by atoms with Crippen LogP contribution in [0.2, 0.25) is 0 Å². The van der Waals surface area contributed by atoms with Crippen molar-refractivity contribution in [1.29, 1.82) is 0 Å². The Morgan fingerprint density at radius 3 is 2.83 bits per heavy atom. The number of aryl methyl sites for hydroxylation is 3. The number of nitrogens with zero attached hydrogens (tertiary/aromatic N) is 5. The van der Waals surface area contributed by atoms with Gasteiger partial charge >= 0.3 is 0 Å². The lowest BCUT2D eigenvalue weighted by Gasteiger charge is -2.12. The molecule has 3 heterocycles. The molecule has 0 aliphatic carbocycles. The van der Waals surface area contributed by atoms with Crippen LogP contribution in [0, 0.1) is 20.8 Å². The van der Waals surface area contributed by atoms with Gasteiger partial charge in [0.25, 0.3) is 0 Å². The SMILES string of the molecule is Cc1ccc(C)c(-n2c(C)nnc2SCC(=O)NCCc2cn3ccccc3n2)c1. The predicted octanol–water partition coefficient (Wildman–Crippen LogP) is 3.29. The summed E-state index contributed by atoms with van der Waals surface area (Å²) in [4.78, 5) is 16.9. The quantitative estimate of drug-likeness (QED) is 0.464. The number of pyridine rings is 1. The normalized spacial score (nSPS) is 11.2. The summed E-state index contributed by atoms with van der Waals surface area (Å²) in [6.45, 7) is 6.60. The number of thioether (sulfide) groups is 1. The zero-order valence-electron chi connectivity index (χ0n) is 17.3. The number of imidazole rings is 1. The molecule has 0 radical (unpaired) electrons. The molecule has 0 fully saturated rings. The minimum atomic E-state index is -0.0306. The van der Waals surface area contributed by atoms with Crippen LogP contribution in [0.1, 0.15) is 22.6 Å². The number of rotatable bonds is 7. The van der Waals surface area contributed by atoms with Crippen LogP contribution in [0.4, 0.5) is 0 Å². The highest BCUT2D eigenvalue weighted by molar-refractivity contribution is 7.99. The Balaban J connectivity index is 1.34. The number of amides is 1. The van der Waals surface area contributed by atoms with Gasteiger partial charge in [0, 0.05) is 25.4 Å². The van der Waals surface area contributed by atoms with E-state index in [1.54, 1.807) is 0 Å². The van der Waals surface area contributed by atoms with Crippen molar-refractivity contribution in [2.45, 2.75) is 32.3 Å². The van der Waals surface area contributed by atoms with Crippen molar-refractivity contribution in [3.63, 3.8) is 0 Å². The Bertz CT molecular complexity index is 1160. The molecule has 0 spiro atoms. The average Bonchev–Trinajstić information content (AvgIpc) is 3.31. The zero-order chi connectivity index (χ0) is 21.1. The summed E-state index contributed by atoms with van der Waals surface area (Å²) in [5, 5.41) is 12.2. The van der Waals surface area contributed by atoms with Gasteiger partial charge in [-0.25, -0.2) is 4.98 Å². The first kappa shape index (κ1) is 20.2. The fraction of sp³-hybridized carbons (Fsp3) is 0.273. The summed E-state index contributed by atoms with van der Waals surface area (Å²) in [6, 6.07) is 12.2. The van der Waals surface area contributed by atoms with E-state index in [1.807, 2.05) is 46.5 Å². The molecular weight excluding hydrogens is 396 g/mol. The molecule has 0 aliphatic heterocycles. The minimum Gasteiger partial charge on any atom is -0.355 e. The lowest BCUT2D eigenvalue weighted by molar-refractivity contribution is -0.118. The van der Waals surface area contributed by atoms with E-state index in [1.165, 1.54) is 17.3 Å². The Morgan fingerprint density at radius 1 is 1.13 bits per heavy atom. The van der Waals surface area contributed by atoms with E-state index >= 15 is 0 Å². The molecule has 1 amide bonds. The van der Waals surface area contributed by atoms with E-state index in [0.717, 1.165) is 33.6 Å². The van der Waals surface area contributed by atoms with E-state index in [-0.39, 0.29) is 11.7 Å². The average molecular weight is 421 g/mol. The fourth-order valence-electron chi connectivity index (χ4n) is 3.29. The number of carbonyl (C=O) groups is 1. The van der Waals surface area contributed by atoms with Crippen LogP contribution in [0.15, 0.2) is 53.9 Å². The number of fused-ring (bicyclic) bond motifs is 1. The molecule has 1 N–H and O–H groups in total. The van der Waals surface area contributed by atoms with Gasteiger partial charge in [0.1, 0.15) is 11.5 Å². The third-order valence-corrected chi connectivity index (χ3v) is 5.78. The number of aromatic nitrogens is 5. The van der Waals surface area contributed by atoms with Gasteiger partial charge in [-0.3, -0.25) is 9.36 Å². The van der Waals surface area contributed by atoms with Gasteiger partial charge in [-0.2, -0.15) is 0 Å². The van der Waals surface area contributed by atoms with E-state index in [0.29, 0.717) is 13.0 Å². The molecule has 4 rings (SSSR count). The number of hydrogen-bond acceptors (Lipinski definition) is 5. The summed E-state index contributed by atoms with van der Waals surface area (Å²) in [5.41, 5.74) is 5.23. The van der Waals surface area contributed by atoms with Crippen molar-refractivity contribution in [2.75, 3.05) is 12.3 Å². The molecule has 0 unspecified atom stereocenters. The molecule has 0 atom stereocenters. The first-order valence-electron chi connectivity index (χ1n) is 9.83. The van der Waals surface area contributed by atoms with E-state index < -0.39 is 0 Å². The van der Waals surface area contributed by atoms with Crippen LogP contribution in [0.3, 0.4) is 0 Å². The Morgan fingerprint density at radius 2 is 2.00 bits per heavy atom. The van der Waals surface area contributed by atoms with Crippen molar-refractivity contribution in [2.24, 2.45) is 0 Å². The Labute approximate surface area is 179 Å². The van der Waals surface area contributed by atoms with Crippen molar-refractivity contribution in [1.82, 2.24) is 29.5 Å². The molecular formula is C22H24N6OS. The summed E-state index contributed by atoms with van der Waals surface area (Å²) >= 11 is 1.39. The summed E-state index contributed by atoms with van der Waals surface area (Å²) < 4.78 is 3.99. The highest BCUT2D eigenvalue weighted by Crippen LogP contribution is 2.24. The van der Waals surface area contributed by atoms with Gasteiger partial charge in [-0.1, -0.05) is 30.0 Å². The highest BCUT2D eigenvalue weighted by atomic mass is 32.2. The second-order valence-corrected chi connectivity index (χ2v) is 8.18. The third-order valence-electron chi connectivity index (χ3n) is 4.85. The molecule has 0 saturated carbocycles. The van der Waals surface area contributed by atoms with Gasteiger partial charge < -0.3 is 9.72 Å². The lowest BCUT2D eigenvalue weighted by Crippen LogP contribution is -2.27. The van der Waals surface area contributed by atoms with Crippen LogP contribution in [0.5, 0.6) is 0 Å². The van der Waals surface area contributed by atoms with Crippen LogP contribution in [-0.2, 0) is 11.2 Å². The molecule has 8 heteroatoms. The standard InChI is InChI=1S/C22H24N6OS/c1-15-7-8-16(2)19(12-15)28-17(3)25-26-22(28)30-14-21(29)23-10-9-18-13-27-11-5-4-6-20(27)24-18/h4-8,11-13H,9-10,14H2,1-3H3,(H,23,29). The maximum absolute atomic E-state index is 12.3. The summed E-state index contributed by atoms with van der Waals surface area (Å²) in [5.74, 6) is 1.06. The van der Waals surface area contributed by atoms with E-state index in [4.69, 9.17) is 0 Å². The highest BCUT2D eigenvalue weighted by Gasteiger charge is 2.15. The second-order valence-electron chi connectivity index (χ2n) is 7.24. The molecule has 1 aromatic carbocycles. The molecule has 154 valence electrons. The number of hydrogen-bond donors (Lipinski definition) is 1. The van der Waals surface area contributed by atoms with Gasteiger partial charge in [0.05, 0.1) is 17.1 Å². The van der Waals surface area contributed by atoms with Crippen molar-refractivity contribution >= 4 is 23.3 Å². The van der Waals surface area contributed by atoms with Gasteiger partial charge in [-0.15, -0.1) is 10.2 Å². The topological polar surface area (TPSA) is 77.1 Å². The zero-order valence-corrected chi connectivity index (χ0v) is 18.1. The maximum Gasteiger partial charge on any atom is 0.230 e. The van der Waals surface area contributed by atoms with E-state index in [9.17, 15) is 4.79 Å². The second kappa shape index (κ2) is 8.71. The first-order chi connectivity index (χ1) is 14.5. The van der Waals surface area contributed by atoms with Gasteiger partial charge in [-0.05, 0) is 50.1 Å². The minimum absolute atomic E-state index is 0.0306. The lowest BCUT2D eigenvalue weighted by atomic mass is 10.1. The van der Waals surface area contributed by atoms with Crippen LogP contribution >= 0.6 is 11.8 Å². The Hall–Kier alpha value is -3.13. The van der Waals surface area contributed by atoms with Gasteiger partial charge in [0.2, 0.25) is 5.91 Å². The maximum atomic E-state index is 12.3. The molecule has 3 aromatic heterocycles. The number of nitrogens with one attached hydrogen (secondary N) is 1. The third kappa shape index (κ3) is 4.38. The van der Waals surface area contributed by atoms with Crippen LogP contribution < -0.4 is 5.32 Å². The number of benzene rings is 1. The summed E-state index contributed by atoms with van der Waals surface area (Å²) in [7, 11) is 0. The van der Waals surface area contributed by atoms with Gasteiger partial charge in [0.15, 0.2) is 5.16 Å². The molecule has 0 saturated heterocycles. The number of carbonyl (C=O) groups excluding carboxylic acids is 1. The smallest absolute Gasteiger partial charge is 0.230 e. The molecule has 0 bridgehead atoms. The summed E-state index contributed by atoms with van der Waals surface area (Å²) in [6.07, 6.45) is 4.65. The fourth-order valence-corrected chi connectivity index (χ4v) is 4.11. The van der Waals surface area contributed by atoms with Crippen molar-refractivity contribution < 1.29 is 4.79 Å². The van der Waals surface area contributed by atoms with Crippen molar-refractivity contribution in [3.8, 4) is 5.69 Å². The largest absolute Gasteiger partial charge is 0.355 e. The molecule has 7 nitrogen and oxygen atoms in total. The monoisotopic (exact) mass is 420 g/mol.